The number of carbonyl (C=O) groups is 2. The molecule has 0 spiro atoms. The maximum atomic E-state index is 13.6. The van der Waals surface area contributed by atoms with E-state index in [9.17, 15) is 18.4 Å². The van der Waals surface area contributed by atoms with Crippen molar-refractivity contribution in [2.75, 3.05) is 10.6 Å². The number of benzene rings is 2. The van der Waals surface area contributed by atoms with Crippen molar-refractivity contribution in [3.8, 4) is 0 Å². The number of nitrogens with one attached hydrogen (secondary N) is 2. The number of amides is 2. The van der Waals surface area contributed by atoms with Gasteiger partial charge >= 0.3 is 0 Å². The van der Waals surface area contributed by atoms with Gasteiger partial charge in [-0.15, -0.1) is 0 Å². The van der Waals surface area contributed by atoms with Gasteiger partial charge in [0, 0.05) is 24.5 Å². The van der Waals surface area contributed by atoms with Crippen molar-refractivity contribution in [1.82, 2.24) is 9.78 Å². The number of aryl methyl sites for hydroxylation is 3. The molecule has 0 aliphatic carbocycles. The molecular weight excluding hydrogens is 366 g/mol. The summed E-state index contributed by atoms with van der Waals surface area (Å²) >= 11 is 0. The third-order valence-electron chi connectivity index (χ3n) is 4.20. The second-order valence-corrected chi connectivity index (χ2v) is 6.37. The van der Waals surface area contributed by atoms with E-state index in [4.69, 9.17) is 0 Å². The Morgan fingerprint density at radius 3 is 1.86 bits per heavy atom. The standard InChI is InChI=1S/C20H18F2N4O2/c1-11-4-6-13(8-15(11)21)23-19(27)17-10-18(26(3)25-17)20(28)24-14-7-5-12(2)16(22)9-14/h4-10H,1-3H3,(H,23,27)(H,24,28). The lowest BCUT2D eigenvalue weighted by atomic mass is 10.2. The third-order valence-corrected chi connectivity index (χ3v) is 4.20. The molecule has 0 unspecified atom stereocenters. The molecule has 1 aromatic heterocycles. The maximum absolute atomic E-state index is 13.6. The van der Waals surface area contributed by atoms with Crippen molar-refractivity contribution in [2.24, 2.45) is 7.05 Å². The van der Waals surface area contributed by atoms with Crippen LogP contribution in [-0.4, -0.2) is 21.6 Å². The predicted octanol–water partition coefficient (Wildman–Crippen LogP) is 3.82. The van der Waals surface area contributed by atoms with Gasteiger partial charge in [0.1, 0.15) is 17.3 Å². The molecule has 0 saturated heterocycles. The lowest BCUT2D eigenvalue weighted by Gasteiger charge is -2.06. The molecule has 6 nitrogen and oxygen atoms in total. The van der Waals surface area contributed by atoms with Crippen LogP contribution >= 0.6 is 0 Å². The third kappa shape index (κ3) is 4.06. The minimum Gasteiger partial charge on any atom is -0.321 e. The molecule has 2 amide bonds. The van der Waals surface area contributed by atoms with Crippen LogP contribution < -0.4 is 10.6 Å². The normalized spacial score (nSPS) is 10.6. The number of halogens is 2. The molecule has 0 radical (unpaired) electrons. The van der Waals surface area contributed by atoms with Crippen LogP contribution in [0.1, 0.15) is 32.1 Å². The van der Waals surface area contributed by atoms with E-state index >= 15 is 0 Å². The van der Waals surface area contributed by atoms with Gasteiger partial charge in [0.2, 0.25) is 0 Å². The van der Waals surface area contributed by atoms with Gasteiger partial charge in [-0.05, 0) is 49.2 Å². The molecule has 3 rings (SSSR count). The highest BCUT2D eigenvalue weighted by atomic mass is 19.1. The SMILES string of the molecule is Cc1ccc(NC(=O)c2cc(C(=O)Nc3ccc(C)c(F)c3)n(C)n2)cc1F. The molecule has 0 aliphatic rings. The second kappa shape index (κ2) is 7.59. The Kier molecular flexibility index (Phi) is 5.21. The van der Waals surface area contributed by atoms with Crippen LogP contribution in [-0.2, 0) is 7.05 Å². The fraction of sp³-hybridized carbons (Fsp3) is 0.150. The lowest BCUT2D eigenvalue weighted by Crippen LogP contribution is -2.16. The number of hydrogen-bond acceptors (Lipinski definition) is 3. The van der Waals surface area contributed by atoms with Crippen LogP contribution in [0, 0.1) is 25.5 Å². The maximum Gasteiger partial charge on any atom is 0.276 e. The zero-order valence-corrected chi connectivity index (χ0v) is 15.5. The number of rotatable bonds is 4. The first-order valence-corrected chi connectivity index (χ1v) is 8.43. The van der Waals surface area contributed by atoms with Crippen LogP contribution in [0.3, 0.4) is 0 Å². The van der Waals surface area contributed by atoms with Crippen molar-refractivity contribution in [2.45, 2.75) is 13.8 Å². The van der Waals surface area contributed by atoms with Gasteiger partial charge in [0.05, 0.1) is 0 Å². The van der Waals surface area contributed by atoms with E-state index in [-0.39, 0.29) is 22.8 Å². The summed E-state index contributed by atoms with van der Waals surface area (Å²) in [5, 5.41) is 9.11. The van der Waals surface area contributed by atoms with E-state index in [0.29, 0.717) is 11.1 Å². The second-order valence-electron chi connectivity index (χ2n) is 6.37. The average Bonchev–Trinajstić information content (AvgIpc) is 3.03. The van der Waals surface area contributed by atoms with Crippen LogP contribution in [0.5, 0.6) is 0 Å². The first-order chi connectivity index (χ1) is 13.2. The number of anilines is 2. The molecule has 8 heteroatoms. The Labute approximate surface area is 160 Å². The van der Waals surface area contributed by atoms with Crippen LogP contribution in [0.15, 0.2) is 42.5 Å². The molecule has 144 valence electrons. The highest BCUT2D eigenvalue weighted by Crippen LogP contribution is 2.17. The van der Waals surface area contributed by atoms with Crippen molar-refractivity contribution in [3.05, 3.63) is 76.6 Å². The summed E-state index contributed by atoms with van der Waals surface area (Å²) < 4.78 is 28.5. The molecule has 2 N–H and O–H groups in total. The van der Waals surface area contributed by atoms with Crippen molar-refractivity contribution in [3.63, 3.8) is 0 Å². The lowest BCUT2D eigenvalue weighted by molar-refractivity contribution is 0.101. The van der Waals surface area contributed by atoms with E-state index in [1.54, 1.807) is 38.1 Å². The molecule has 0 fully saturated rings. The van der Waals surface area contributed by atoms with Gasteiger partial charge in [-0.25, -0.2) is 8.78 Å². The van der Waals surface area contributed by atoms with E-state index < -0.39 is 23.4 Å². The minimum absolute atomic E-state index is 0.0104. The first-order valence-electron chi connectivity index (χ1n) is 8.43. The topological polar surface area (TPSA) is 76.0 Å². The van der Waals surface area contributed by atoms with Crippen LogP contribution in [0.25, 0.3) is 0 Å². The molecule has 0 aliphatic heterocycles. The molecule has 1 heterocycles. The van der Waals surface area contributed by atoms with E-state index in [2.05, 4.69) is 15.7 Å². The van der Waals surface area contributed by atoms with Gasteiger partial charge in [0.25, 0.3) is 11.8 Å². The Balaban J connectivity index is 1.75. The number of hydrogen-bond donors (Lipinski definition) is 2. The van der Waals surface area contributed by atoms with E-state index in [1.807, 2.05) is 0 Å². The molecule has 0 bridgehead atoms. The van der Waals surface area contributed by atoms with Crippen molar-refractivity contribution < 1.29 is 18.4 Å². The summed E-state index contributed by atoms with van der Waals surface area (Å²) in [5.74, 6) is -2.00. The van der Waals surface area contributed by atoms with E-state index in [1.165, 1.54) is 29.9 Å². The zero-order valence-electron chi connectivity index (χ0n) is 15.5. The fourth-order valence-corrected chi connectivity index (χ4v) is 2.52. The number of aromatic nitrogens is 2. The largest absolute Gasteiger partial charge is 0.321 e. The molecule has 28 heavy (non-hydrogen) atoms. The Morgan fingerprint density at radius 1 is 0.857 bits per heavy atom. The van der Waals surface area contributed by atoms with E-state index in [0.717, 1.165) is 0 Å². The summed E-state index contributed by atoms with van der Waals surface area (Å²) in [6.07, 6.45) is 0. The smallest absolute Gasteiger partial charge is 0.276 e. The van der Waals surface area contributed by atoms with Crippen LogP contribution in [0.2, 0.25) is 0 Å². The quantitative estimate of drug-likeness (QED) is 0.718. The fourth-order valence-electron chi connectivity index (χ4n) is 2.52. The highest BCUT2D eigenvalue weighted by Gasteiger charge is 2.18. The van der Waals surface area contributed by atoms with Gasteiger partial charge in [-0.2, -0.15) is 5.10 Å². The molecule has 0 atom stereocenters. The predicted molar refractivity (Wildman–Crippen MR) is 101 cm³/mol. The number of nitrogens with zero attached hydrogens (tertiary/aromatic N) is 2. The first kappa shape index (κ1) is 19.2. The Bertz CT molecular complexity index is 1080. The monoisotopic (exact) mass is 384 g/mol. The minimum atomic E-state index is -0.584. The number of carbonyl (C=O) groups excluding carboxylic acids is 2. The van der Waals surface area contributed by atoms with Crippen molar-refractivity contribution in [1.29, 1.82) is 0 Å². The van der Waals surface area contributed by atoms with Gasteiger partial charge in [-0.1, -0.05) is 12.1 Å². The van der Waals surface area contributed by atoms with Gasteiger partial charge in [0.15, 0.2) is 5.69 Å². The zero-order chi connectivity index (χ0) is 20.4. The molecule has 3 aromatic rings. The summed E-state index contributed by atoms with van der Waals surface area (Å²) in [7, 11) is 1.51. The van der Waals surface area contributed by atoms with Gasteiger partial charge < -0.3 is 10.6 Å². The Morgan fingerprint density at radius 2 is 1.36 bits per heavy atom. The van der Waals surface area contributed by atoms with Crippen molar-refractivity contribution >= 4 is 23.2 Å². The molecule has 0 saturated carbocycles. The highest BCUT2D eigenvalue weighted by molar-refractivity contribution is 6.07. The van der Waals surface area contributed by atoms with Crippen LogP contribution in [0.4, 0.5) is 20.2 Å². The summed E-state index contributed by atoms with van der Waals surface area (Å²) in [6, 6.07) is 9.96. The Hall–Kier alpha value is -3.55. The summed E-state index contributed by atoms with van der Waals surface area (Å²) in [4.78, 5) is 24.8. The summed E-state index contributed by atoms with van der Waals surface area (Å²) in [6.45, 7) is 3.23. The summed E-state index contributed by atoms with van der Waals surface area (Å²) in [5.41, 5.74) is 1.59. The molecular formula is C20H18F2N4O2. The average molecular weight is 384 g/mol. The van der Waals surface area contributed by atoms with Gasteiger partial charge in [-0.3, -0.25) is 14.3 Å². The molecule has 2 aromatic carbocycles.